The second kappa shape index (κ2) is 7.78. The van der Waals surface area contributed by atoms with Gasteiger partial charge in [0.15, 0.2) is 0 Å². The highest BCUT2D eigenvalue weighted by molar-refractivity contribution is 5.93. The minimum absolute atomic E-state index is 0.0434. The number of pyridine rings is 1. The Kier molecular flexibility index (Phi) is 5.48. The van der Waals surface area contributed by atoms with Gasteiger partial charge in [0.25, 0.3) is 5.91 Å². The standard InChI is InChI=1S/C19H27N5O/c1-4-9-24-14-17(12-21-24)19(25)23(3)13-16-7-10-22(2)18(16)15-6-5-8-20-11-15/h5-6,8,11-12,14,16,18H,4,7,9-10,13H2,1-3H3/t16-,18-/m0/s1. The van der Waals surface area contributed by atoms with Crippen molar-refractivity contribution in [3.63, 3.8) is 0 Å². The van der Waals surface area contributed by atoms with Crippen molar-refractivity contribution >= 4 is 5.91 Å². The maximum atomic E-state index is 12.7. The fraction of sp³-hybridized carbons (Fsp3) is 0.526. The van der Waals surface area contributed by atoms with Crippen molar-refractivity contribution in [1.82, 2.24) is 24.6 Å². The van der Waals surface area contributed by atoms with Crippen molar-refractivity contribution in [2.75, 3.05) is 27.2 Å². The van der Waals surface area contributed by atoms with Crippen LogP contribution in [-0.2, 0) is 6.54 Å². The summed E-state index contributed by atoms with van der Waals surface area (Å²) in [5.41, 5.74) is 1.89. The van der Waals surface area contributed by atoms with Gasteiger partial charge in [0.2, 0.25) is 0 Å². The van der Waals surface area contributed by atoms with Crippen LogP contribution in [0.1, 0.15) is 41.7 Å². The van der Waals surface area contributed by atoms with E-state index in [1.165, 1.54) is 5.56 Å². The molecule has 3 heterocycles. The number of aromatic nitrogens is 3. The molecule has 1 fully saturated rings. The van der Waals surface area contributed by atoms with Crippen LogP contribution in [0.3, 0.4) is 0 Å². The molecule has 0 bridgehead atoms. The van der Waals surface area contributed by atoms with Crippen molar-refractivity contribution in [1.29, 1.82) is 0 Å². The summed E-state index contributed by atoms with van der Waals surface area (Å²) in [7, 11) is 4.03. The van der Waals surface area contributed by atoms with Crippen LogP contribution < -0.4 is 0 Å². The predicted molar refractivity (Wildman–Crippen MR) is 97.2 cm³/mol. The number of likely N-dealkylation sites (tertiary alicyclic amines) is 1. The highest BCUT2D eigenvalue weighted by atomic mass is 16.2. The van der Waals surface area contributed by atoms with Crippen LogP contribution in [0.25, 0.3) is 0 Å². The molecule has 0 unspecified atom stereocenters. The van der Waals surface area contributed by atoms with Crippen LogP contribution in [0.2, 0.25) is 0 Å². The minimum atomic E-state index is 0.0434. The first-order valence-corrected chi connectivity index (χ1v) is 8.98. The Morgan fingerprint density at radius 2 is 2.24 bits per heavy atom. The SMILES string of the molecule is CCCn1cc(C(=O)N(C)C[C@@H]2CCN(C)[C@H]2c2cccnc2)cn1. The van der Waals surface area contributed by atoms with Gasteiger partial charge in [-0.3, -0.25) is 19.4 Å². The monoisotopic (exact) mass is 341 g/mol. The molecule has 6 heteroatoms. The summed E-state index contributed by atoms with van der Waals surface area (Å²) in [6.07, 6.45) is 9.36. The average Bonchev–Trinajstić information content (AvgIpc) is 3.22. The first-order chi connectivity index (χ1) is 12.1. The smallest absolute Gasteiger partial charge is 0.256 e. The molecular weight excluding hydrogens is 314 g/mol. The Morgan fingerprint density at radius 3 is 2.96 bits per heavy atom. The van der Waals surface area contributed by atoms with Gasteiger partial charge < -0.3 is 4.90 Å². The third-order valence-electron chi connectivity index (χ3n) is 4.99. The number of amides is 1. The lowest BCUT2D eigenvalue weighted by atomic mass is 9.94. The molecule has 2 aromatic rings. The van der Waals surface area contributed by atoms with Crippen LogP contribution in [0.4, 0.5) is 0 Å². The van der Waals surface area contributed by atoms with Gasteiger partial charge in [0.05, 0.1) is 11.8 Å². The summed E-state index contributed by atoms with van der Waals surface area (Å²) >= 11 is 0. The molecule has 1 saturated heterocycles. The molecule has 0 saturated carbocycles. The van der Waals surface area contributed by atoms with Crippen LogP contribution in [-0.4, -0.2) is 57.7 Å². The highest BCUT2D eigenvalue weighted by Crippen LogP contribution is 2.36. The molecule has 2 aromatic heterocycles. The van der Waals surface area contributed by atoms with Gasteiger partial charge in [-0.1, -0.05) is 13.0 Å². The molecule has 0 aliphatic carbocycles. The molecular formula is C19H27N5O. The lowest BCUT2D eigenvalue weighted by Crippen LogP contribution is -2.34. The van der Waals surface area contributed by atoms with Gasteiger partial charge in [0, 0.05) is 44.8 Å². The van der Waals surface area contributed by atoms with Crippen molar-refractivity contribution in [2.45, 2.75) is 32.4 Å². The summed E-state index contributed by atoms with van der Waals surface area (Å²) in [6, 6.07) is 4.42. The van der Waals surface area contributed by atoms with E-state index in [1.807, 2.05) is 35.1 Å². The van der Waals surface area contributed by atoms with Crippen molar-refractivity contribution in [3.05, 3.63) is 48.0 Å². The number of nitrogens with zero attached hydrogens (tertiary/aromatic N) is 5. The highest BCUT2D eigenvalue weighted by Gasteiger charge is 2.34. The lowest BCUT2D eigenvalue weighted by molar-refractivity contribution is 0.0760. The largest absolute Gasteiger partial charge is 0.341 e. The summed E-state index contributed by atoms with van der Waals surface area (Å²) < 4.78 is 1.84. The van der Waals surface area contributed by atoms with E-state index in [4.69, 9.17) is 0 Å². The normalized spacial score (nSPS) is 20.8. The van der Waals surface area contributed by atoms with E-state index in [-0.39, 0.29) is 5.91 Å². The fourth-order valence-electron chi connectivity index (χ4n) is 3.78. The third-order valence-corrected chi connectivity index (χ3v) is 4.99. The molecule has 1 amide bonds. The van der Waals surface area contributed by atoms with E-state index >= 15 is 0 Å². The number of hydrogen-bond acceptors (Lipinski definition) is 4. The van der Waals surface area contributed by atoms with Gasteiger partial charge in [0.1, 0.15) is 0 Å². The molecule has 1 aliphatic heterocycles. The maximum absolute atomic E-state index is 12.7. The Bertz CT molecular complexity index is 699. The summed E-state index contributed by atoms with van der Waals surface area (Å²) in [5.74, 6) is 0.454. The Labute approximate surface area is 149 Å². The lowest BCUT2D eigenvalue weighted by Gasteiger charge is -2.28. The van der Waals surface area contributed by atoms with E-state index in [9.17, 15) is 4.79 Å². The van der Waals surface area contributed by atoms with E-state index in [0.29, 0.717) is 17.5 Å². The molecule has 0 radical (unpaired) electrons. The number of aryl methyl sites for hydroxylation is 1. The molecule has 3 rings (SSSR count). The second-order valence-corrected chi connectivity index (χ2v) is 6.94. The minimum Gasteiger partial charge on any atom is -0.341 e. The van der Waals surface area contributed by atoms with Crippen LogP contribution >= 0.6 is 0 Å². The molecule has 1 aliphatic rings. The molecule has 0 N–H and O–H groups in total. The predicted octanol–water partition coefficient (Wildman–Crippen LogP) is 2.45. The molecule has 134 valence electrons. The Morgan fingerprint density at radius 1 is 1.40 bits per heavy atom. The number of carbonyl (C=O) groups excluding carboxylic acids is 1. The molecule has 0 spiro atoms. The summed E-state index contributed by atoms with van der Waals surface area (Å²) in [4.78, 5) is 21.2. The van der Waals surface area contributed by atoms with Gasteiger partial charge in [-0.15, -0.1) is 0 Å². The molecule has 6 nitrogen and oxygen atoms in total. The number of carbonyl (C=O) groups is 1. The van der Waals surface area contributed by atoms with Gasteiger partial charge >= 0.3 is 0 Å². The molecule has 25 heavy (non-hydrogen) atoms. The zero-order valence-corrected chi connectivity index (χ0v) is 15.3. The first-order valence-electron chi connectivity index (χ1n) is 8.98. The van der Waals surface area contributed by atoms with E-state index in [0.717, 1.165) is 32.5 Å². The summed E-state index contributed by atoms with van der Waals surface area (Å²) in [5, 5.41) is 4.27. The van der Waals surface area contributed by atoms with E-state index in [1.54, 1.807) is 12.4 Å². The van der Waals surface area contributed by atoms with Gasteiger partial charge in [-0.25, -0.2) is 0 Å². The first kappa shape index (κ1) is 17.6. The third kappa shape index (κ3) is 3.90. The molecule has 2 atom stereocenters. The Hall–Kier alpha value is -2.21. The number of hydrogen-bond donors (Lipinski definition) is 0. The zero-order valence-electron chi connectivity index (χ0n) is 15.3. The van der Waals surface area contributed by atoms with E-state index in [2.05, 4.69) is 35.0 Å². The van der Waals surface area contributed by atoms with Crippen molar-refractivity contribution in [2.24, 2.45) is 5.92 Å². The van der Waals surface area contributed by atoms with E-state index < -0.39 is 0 Å². The van der Waals surface area contributed by atoms with Crippen molar-refractivity contribution in [3.8, 4) is 0 Å². The maximum Gasteiger partial charge on any atom is 0.256 e. The fourth-order valence-corrected chi connectivity index (χ4v) is 3.78. The number of rotatable bonds is 6. The van der Waals surface area contributed by atoms with Gasteiger partial charge in [-0.05, 0) is 44.0 Å². The van der Waals surface area contributed by atoms with Crippen LogP contribution in [0, 0.1) is 5.92 Å². The quantitative estimate of drug-likeness (QED) is 0.810. The second-order valence-electron chi connectivity index (χ2n) is 6.94. The van der Waals surface area contributed by atoms with Crippen LogP contribution in [0.5, 0.6) is 0 Å². The van der Waals surface area contributed by atoms with Gasteiger partial charge in [-0.2, -0.15) is 5.10 Å². The van der Waals surface area contributed by atoms with Crippen molar-refractivity contribution < 1.29 is 4.79 Å². The van der Waals surface area contributed by atoms with Crippen LogP contribution in [0.15, 0.2) is 36.9 Å². The molecule has 0 aromatic carbocycles. The average molecular weight is 341 g/mol. The Balaban J connectivity index is 1.68. The zero-order chi connectivity index (χ0) is 17.8. The summed E-state index contributed by atoms with van der Waals surface area (Å²) in [6.45, 7) is 4.72. The topological polar surface area (TPSA) is 54.3 Å².